The summed E-state index contributed by atoms with van der Waals surface area (Å²) in [6, 6.07) is 7.31. The number of nitrogens with one attached hydrogen (secondary N) is 3. The average Bonchev–Trinajstić information content (AvgIpc) is 2.68. The van der Waals surface area contributed by atoms with Gasteiger partial charge in [-0.05, 0) is 30.5 Å². The number of nitrogens with zero attached hydrogens (tertiary/aromatic N) is 1. The van der Waals surface area contributed by atoms with Gasteiger partial charge < -0.3 is 25.8 Å². The number of carboxylic acid groups (broad SMARTS) is 1. The van der Waals surface area contributed by atoms with Gasteiger partial charge in [-0.3, -0.25) is 9.69 Å². The Balaban J connectivity index is 1.95. The van der Waals surface area contributed by atoms with Gasteiger partial charge in [-0.25, -0.2) is 0 Å². The number of ether oxygens (including phenoxy) is 1. The summed E-state index contributed by atoms with van der Waals surface area (Å²) in [6.07, 6.45) is 2.64. The predicted octanol–water partition coefficient (Wildman–Crippen LogP) is 0.946. The standard InChI is InChI=1S/C21H36N4O3/c1-2-3-16-28-19-6-4-18(5-7-19)17-20(21(26)27)25-14-12-23-10-8-22-9-11-24-13-15-25/h4-7,20,22-24H,2-3,8-17H2,1H3,(H,26,27). The van der Waals surface area contributed by atoms with Crippen LogP contribution < -0.4 is 20.7 Å². The number of benzene rings is 1. The summed E-state index contributed by atoms with van der Waals surface area (Å²) in [5, 5.41) is 20.0. The van der Waals surface area contributed by atoms with E-state index in [2.05, 4.69) is 27.8 Å². The van der Waals surface area contributed by atoms with Gasteiger partial charge in [0.2, 0.25) is 0 Å². The molecule has 1 aliphatic heterocycles. The van der Waals surface area contributed by atoms with Gasteiger partial charge in [0.05, 0.1) is 6.61 Å². The SMILES string of the molecule is CCCCOc1ccc(CC(C(=O)O)N2CCNCCNCCNCC2)cc1. The molecule has 1 heterocycles. The lowest BCUT2D eigenvalue weighted by Gasteiger charge is -2.29. The molecule has 0 aromatic heterocycles. The van der Waals surface area contributed by atoms with Crippen molar-refractivity contribution in [1.82, 2.24) is 20.9 Å². The number of hydrogen-bond acceptors (Lipinski definition) is 6. The number of hydrogen-bond donors (Lipinski definition) is 4. The van der Waals surface area contributed by atoms with E-state index >= 15 is 0 Å². The Bertz CT molecular complexity index is 541. The maximum absolute atomic E-state index is 12.0. The highest BCUT2D eigenvalue weighted by Crippen LogP contribution is 2.16. The molecule has 0 spiro atoms. The highest BCUT2D eigenvalue weighted by Gasteiger charge is 2.25. The van der Waals surface area contributed by atoms with Crippen molar-refractivity contribution in [1.29, 1.82) is 0 Å². The molecule has 1 saturated heterocycles. The van der Waals surface area contributed by atoms with Crippen LogP contribution in [0.2, 0.25) is 0 Å². The molecule has 0 saturated carbocycles. The Morgan fingerprint density at radius 1 is 1.04 bits per heavy atom. The van der Waals surface area contributed by atoms with Crippen molar-refractivity contribution in [2.24, 2.45) is 0 Å². The van der Waals surface area contributed by atoms with Crippen molar-refractivity contribution in [2.75, 3.05) is 59.0 Å². The summed E-state index contributed by atoms with van der Waals surface area (Å²) in [5.74, 6) is 0.0782. The maximum atomic E-state index is 12.0. The van der Waals surface area contributed by atoms with E-state index in [4.69, 9.17) is 4.74 Å². The van der Waals surface area contributed by atoms with E-state index in [0.29, 0.717) is 6.42 Å². The molecule has 1 unspecified atom stereocenters. The third kappa shape index (κ3) is 8.56. The van der Waals surface area contributed by atoms with Gasteiger partial charge in [-0.15, -0.1) is 0 Å². The molecule has 0 amide bonds. The highest BCUT2D eigenvalue weighted by molar-refractivity contribution is 5.74. The monoisotopic (exact) mass is 392 g/mol. The van der Waals surface area contributed by atoms with Crippen LogP contribution in [0.3, 0.4) is 0 Å². The van der Waals surface area contributed by atoms with Crippen molar-refractivity contribution in [3.05, 3.63) is 29.8 Å². The van der Waals surface area contributed by atoms with E-state index in [1.54, 1.807) is 0 Å². The smallest absolute Gasteiger partial charge is 0.321 e. The summed E-state index contributed by atoms with van der Waals surface area (Å²) in [6.45, 7) is 9.51. The minimum Gasteiger partial charge on any atom is -0.494 e. The van der Waals surface area contributed by atoms with Gasteiger partial charge in [0.15, 0.2) is 0 Å². The molecule has 1 aromatic carbocycles. The average molecular weight is 393 g/mol. The van der Waals surface area contributed by atoms with Crippen LogP contribution in [-0.4, -0.2) is 81.0 Å². The number of carbonyl (C=O) groups is 1. The fraction of sp³-hybridized carbons (Fsp3) is 0.667. The molecule has 158 valence electrons. The number of unbranched alkanes of at least 4 members (excludes halogenated alkanes) is 1. The number of rotatable bonds is 8. The van der Waals surface area contributed by atoms with Crippen molar-refractivity contribution < 1.29 is 14.6 Å². The molecule has 1 atom stereocenters. The summed E-state index contributed by atoms with van der Waals surface area (Å²) >= 11 is 0. The third-order valence-electron chi connectivity index (χ3n) is 4.95. The Morgan fingerprint density at radius 3 is 2.14 bits per heavy atom. The van der Waals surface area contributed by atoms with Crippen LogP contribution in [-0.2, 0) is 11.2 Å². The molecule has 7 nitrogen and oxygen atoms in total. The first-order valence-corrected chi connectivity index (χ1v) is 10.5. The number of aliphatic carboxylic acids is 1. The molecule has 0 radical (unpaired) electrons. The van der Waals surface area contributed by atoms with Crippen LogP contribution in [0.1, 0.15) is 25.3 Å². The van der Waals surface area contributed by atoms with Gasteiger partial charge in [-0.1, -0.05) is 25.5 Å². The van der Waals surface area contributed by atoms with E-state index in [9.17, 15) is 9.90 Å². The second kappa shape index (κ2) is 13.5. The third-order valence-corrected chi connectivity index (χ3v) is 4.95. The largest absolute Gasteiger partial charge is 0.494 e. The number of carboxylic acids is 1. The zero-order chi connectivity index (χ0) is 20.0. The van der Waals surface area contributed by atoms with Crippen molar-refractivity contribution in [3.8, 4) is 5.75 Å². The van der Waals surface area contributed by atoms with E-state index in [0.717, 1.165) is 83.1 Å². The highest BCUT2D eigenvalue weighted by atomic mass is 16.5. The maximum Gasteiger partial charge on any atom is 0.321 e. The van der Waals surface area contributed by atoms with E-state index < -0.39 is 12.0 Å². The van der Waals surface area contributed by atoms with E-state index in [1.165, 1.54) is 0 Å². The summed E-state index contributed by atoms with van der Waals surface area (Å²) in [5.41, 5.74) is 1.02. The first kappa shape index (κ1) is 22.6. The van der Waals surface area contributed by atoms with Crippen molar-refractivity contribution in [2.45, 2.75) is 32.2 Å². The molecule has 0 aliphatic carbocycles. The van der Waals surface area contributed by atoms with Gasteiger partial charge in [-0.2, -0.15) is 0 Å². The fourth-order valence-corrected chi connectivity index (χ4v) is 3.25. The molecular weight excluding hydrogens is 356 g/mol. The Morgan fingerprint density at radius 2 is 1.61 bits per heavy atom. The second-order valence-corrected chi connectivity index (χ2v) is 7.19. The lowest BCUT2D eigenvalue weighted by atomic mass is 10.0. The zero-order valence-electron chi connectivity index (χ0n) is 17.1. The summed E-state index contributed by atoms with van der Waals surface area (Å²) < 4.78 is 5.70. The molecule has 28 heavy (non-hydrogen) atoms. The van der Waals surface area contributed by atoms with Crippen LogP contribution >= 0.6 is 0 Å². The molecule has 7 heteroatoms. The molecule has 1 fully saturated rings. The fourth-order valence-electron chi connectivity index (χ4n) is 3.25. The quantitative estimate of drug-likeness (QED) is 0.490. The lowest BCUT2D eigenvalue weighted by molar-refractivity contribution is -0.143. The topological polar surface area (TPSA) is 85.9 Å². The summed E-state index contributed by atoms with van der Waals surface area (Å²) in [4.78, 5) is 14.1. The minimum absolute atomic E-state index is 0.492. The van der Waals surface area contributed by atoms with Crippen molar-refractivity contribution in [3.63, 3.8) is 0 Å². The van der Waals surface area contributed by atoms with Crippen LogP contribution in [0.5, 0.6) is 5.75 Å². The van der Waals surface area contributed by atoms with Crippen LogP contribution in [0, 0.1) is 0 Å². The Kier molecular flexibility index (Phi) is 10.9. The molecule has 2 rings (SSSR count). The van der Waals surface area contributed by atoms with Crippen LogP contribution in [0.15, 0.2) is 24.3 Å². The van der Waals surface area contributed by atoms with E-state index in [1.807, 2.05) is 24.3 Å². The minimum atomic E-state index is -0.767. The second-order valence-electron chi connectivity index (χ2n) is 7.19. The summed E-state index contributed by atoms with van der Waals surface area (Å²) in [7, 11) is 0. The van der Waals surface area contributed by atoms with Gasteiger partial charge in [0.25, 0.3) is 0 Å². The molecular formula is C21H36N4O3. The Hall–Kier alpha value is -1.67. The van der Waals surface area contributed by atoms with Gasteiger partial charge in [0, 0.05) is 52.4 Å². The Labute approximate surface area is 168 Å². The lowest BCUT2D eigenvalue weighted by Crippen LogP contribution is -2.49. The van der Waals surface area contributed by atoms with Crippen LogP contribution in [0.25, 0.3) is 0 Å². The van der Waals surface area contributed by atoms with E-state index in [-0.39, 0.29) is 0 Å². The molecule has 0 bridgehead atoms. The predicted molar refractivity (Wildman–Crippen MR) is 112 cm³/mol. The molecule has 1 aliphatic rings. The van der Waals surface area contributed by atoms with Gasteiger partial charge in [0.1, 0.15) is 11.8 Å². The van der Waals surface area contributed by atoms with Crippen molar-refractivity contribution >= 4 is 5.97 Å². The zero-order valence-corrected chi connectivity index (χ0v) is 17.1. The van der Waals surface area contributed by atoms with Crippen LogP contribution in [0.4, 0.5) is 0 Å². The van der Waals surface area contributed by atoms with Gasteiger partial charge >= 0.3 is 5.97 Å². The first-order chi connectivity index (χ1) is 13.7. The molecule has 1 aromatic rings. The molecule has 4 N–H and O–H groups in total. The first-order valence-electron chi connectivity index (χ1n) is 10.5. The normalized spacial score (nSPS) is 18.6.